The van der Waals surface area contributed by atoms with Crippen LogP contribution in [-0.4, -0.2) is 4.98 Å². The second-order valence-electron chi connectivity index (χ2n) is 5.64. The van der Waals surface area contributed by atoms with Gasteiger partial charge in [-0.25, -0.2) is 0 Å². The summed E-state index contributed by atoms with van der Waals surface area (Å²) in [5, 5.41) is 11.6. The number of benzene rings is 2. The normalized spacial score (nSPS) is 10.0. The number of nitriles is 1. The van der Waals surface area contributed by atoms with Crippen molar-refractivity contribution in [2.75, 3.05) is 0 Å². The molecule has 4 heteroatoms. The molecular formula is C18H17ClN2Pt. The Morgan fingerprint density at radius 1 is 1.09 bits per heavy atom. The van der Waals surface area contributed by atoms with Crippen LogP contribution >= 0.6 is 9.42 Å². The molecular weight excluding hydrogens is 475 g/mol. The minimum atomic E-state index is -0.153. The van der Waals surface area contributed by atoms with E-state index in [0.717, 1.165) is 10.9 Å². The molecule has 0 saturated heterocycles. The molecule has 0 amide bonds. The maximum absolute atomic E-state index is 8.15. The van der Waals surface area contributed by atoms with Crippen LogP contribution in [0.5, 0.6) is 0 Å². The molecule has 116 valence electrons. The van der Waals surface area contributed by atoms with Gasteiger partial charge in [0.05, 0.1) is 6.07 Å². The maximum Gasteiger partial charge on any atom is 0.0161 e. The summed E-state index contributed by atoms with van der Waals surface area (Å²) in [7, 11) is 4.61. The van der Waals surface area contributed by atoms with Crippen LogP contribution < -0.4 is 0 Å². The van der Waals surface area contributed by atoms with Gasteiger partial charge < -0.3 is 4.98 Å². The summed E-state index contributed by atoms with van der Waals surface area (Å²) >= 11 is 1.61. The molecule has 0 aliphatic rings. The predicted molar refractivity (Wildman–Crippen MR) is 89.0 cm³/mol. The molecule has 0 aliphatic carbocycles. The third kappa shape index (κ3) is 5.41. The zero-order chi connectivity index (χ0) is 16.6. The fourth-order valence-corrected chi connectivity index (χ4v) is 1.73. The molecule has 0 unspecified atom stereocenters. The number of halogens is 1. The van der Waals surface area contributed by atoms with Gasteiger partial charge in [0.2, 0.25) is 0 Å². The van der Waals surface area contributed by atoms with Crippen molar-refractivity contribution in [2.45, 2.75) is 20.8 Å². The Bertz CT molecular complexity index is 718. The van der Waals surface area contributed by atoms with Gasteiger partial charge in [-0.2, -0.15) is 5.26 Å². The van der Waals surface area contributed by atoms with Gasteiger partial charge >= 0.3 is 28.2 Å². The fourth-order valence-electron chi connectivity index (χ4n) is 1.73. The topological polar surface area (TPSA) is 36.7 Å². The molecule has 0 saturated carbocycles. The largest absolute Gasteiger partial charge is 0.304 e. The van der Waals surface area contributed by atoms with E-state index in [0.29, 0.717) is 0 Å². The van der Waals surface area contributed by atoms with Crippen LogP contribution in [-0.2, 0) is 18.8 Å². The summed E-state index contributed by atoms with van der Waals surface area (Å²) in [6.07, 6.45) is 1.82. The van der Waals surface area contributed by atoms with Crippen molar-refractivity contribution in [3.63, 3.8) is 0 Å². The molecule has 0 spiro atoms. The van der Waals surface area contributed by atoms with Crippen LogP contribution in [0.25, 0.3) is 21.7 Å². The molecule has 0 radical (unpaired) electrons. The number of hydrogen-bond donors (Lipinski definition) is 0. The molecule has 2 nitrogen and oxygen atoms in total. The zero-order valence-corrected chi connectivity index (χ0v) is 15.7. The molecule has 0 atom stereocenters. The molecule has 0 N–H and O–H groups in total. The smallest absolute Gasteiger partial charge is 0.0161 e. The summed E-state index contributed by atoms with van der Waals surface area (Å²) < 4.78 is 0. The van der Waals surface area contributed by atoms with Gasteiger partial charge in [-0.15, -0.1) is 35.0 Å². The Morgan fingerprint density at radius 2 is 1.68 bits per heavy atom. The summed E-state index contributed by atoms with van der Waals surface area (Å²) in [6.45, 7) is 5.65. The van der Waals surface area contributed by atoms with E-state index in [-0.39, 0.29) is 5.41 Å². The zero-order valence-electron chi connectivity index (χ0n) is 12.7. The van der Waals surface area contributed by atoms with E-state index in [1.165, 1.54) is 10.8 Å². The Hall–Kier alpha value is -1.42. The van der Waals surface area contributed by atoms with Crippen molar-refractivity contribution in [1.29, 1.82) is 5.26 Å². The van der Waals surface area contributed by atoms with Crippen molar-refractivity contribution in [1.82, 2.24) is 4.98 Å². The van der Waals surface area contributed by atoms with Crippen LogP contribution in [0.3, 0.4) is 0 Å². The van der Waals surface area contributed by atoms with Crippen LogP contribution in [0.4, 0.5) is 0 Å². The minimum Gasteiger partial charge on any atom is -0.304 e. The Kier molecular flexibility index (Phi) is 7.52. The monoisotopic (exact) mass is 491 g/mol. The number of hydrogen-bond acceptors (Lipinski definition) is 2. The van der Waals surface area contributed by atoms with Crippen molar-refractivity contribution in [3.05, 3.63) is 54.7 Å². The first-order chi connectivity index (χ1) is 10.5. The Balaban J connectivity index is 0.000000260. The Morgan fingerprint density at radius 3 is 2.32 bits per heavy atom. The predicted octanol–water partition coefficient (Wildman–Crippen LogP) is 5.43. The number of nitrogens with zero attached hydrogens (tertiary/aromatic N) is 2. The SMILES string of the molecule is CC(C)(C)C#N.[Cl][Pt+].[c-]1cccc2ccc3cccnc3c12. The van der Waals surface area contributed by atoms with E-state index in [1.807, 2.05) is 45.2 Å². The second-order valence-corrected chi connectivity index (χ2v) is 5.64. The first-order valence-corrected chi connectivity index (χ1v) is 9.50. The number of pyridine rings is 1. The second kappa shape index (κ2) is 8.88. The molecule has 0 bridgehead atoms. The summed E-state index contributed by atoms with van der Waals surface area (Å²) in [4.78, 5) is 4.38. The van der Waals surface area contributed by atoms with E-state index >= 15 is 0 Å². The van der Waals surface area contributed by atoms with Crippen molar-refractivity contribution < 1.29 is 18.8 Å². The minimum absolute atomic E-state index is 0.153. The average molecular weight is 492 g/mol. The summed E-state index contributed by atoms with van der Waals surface area (Å²) in [6, 6.07) is 19.6. The summed E-state index contributed by atoms with van der Waals surface area (Å²) in [5.74, 6) is 0. The molecule has 0 aliphatic heterocycles. The molecule has 3 rings (SSSR count). The first-order valence-electron chi connectivity index (χ1n) is 6.68. The van der Waals surface area contributed by atoms with Crippen LogP contribution in [0.15, 0.2) is 48.7 Å². The maximum atomic E-state index is 8.15. The van der Waals surface area contributed by atoms with E-state index < -0.39 is 0 Å². The van der Waals surface area contributed by atoms with E-state index in [4.69, 9.17) is 5.26 Å². The standard InChI is InChI=1S/C13H8N.C5H9N.ClH.Pt/c1-2-6-12-10(4-1)7-8-11-5-3-9-14-13(11)12;1-5(2,3)4-6;;/h1-5,7-9H;1-3H3;1H;/q-1;;;+2/p-1. The van der Waals surface area contributed by atoms with Gasteiger partial charge in [-0.05, 0) is 37.7 Å². The molecule has 3 aromatic rings. The van der Waals surface area contributed by atoms with Gasteiger partial charge in [-0.3, -0.25) is 0 Å². The van der Waals surface area contributed by atoms with Gasteiger partial charge in [0.15, 0.2) is 0 Å². The molecule has 2 aromatic carbocycles. The quantitative estimate of drug-likeness (QED) is 0.310. The van der Waals surface area contributed by atoms with E-state index in [9.17, 15) is 0 Å². The summed E-state index contributed by atoms with van der Waals surface area (Å²) in [5.41, 5.74) is 0.880. The van der Waals surface area contributed by atoms with Crippen molar-refractivity contribution >= 4 is 31.1 Å². The van der Waals surface area contributed by atoms with Crippen molar-refractivity contribution in [2.24, 2.45) is 5.41 Å². The van der Waals surface area contributed by atoms with E-state index in [1.54, 1.807) is 18.8 Å². The van der Waals surface area contributed by atoms with Crippen LogP contribution in [0, 0.1) is 22.8 Å². The number of aromatic nitrogens is 1. The fraction of sp³-hybridized carbons (Fsp3) is 0.222. The third-order valence-corrected chi connectivity index (χ3v) is 2.74. The van der Waals surface area contributed by atoms with Gasteiger partial charge in [0.1, 0.15) is 0 Å². The molecule has 1 heterocycles. The number of rotatable bonds is 0. The van der Waals surface area contributed by atoms with Gasteiger partial charge in [0, 0.05) is 11.6 Å². The molecule has 0 fully saturated rings. The van der Waals surface area contributed by atoms with Gasteiger partial charge in [-0.1, -0.05) is 18.2 Å². The first kappa shape index (κ1) is 18.6. The molecule has 22 heavy (non-hydrogen) atoms. The van der Waals surface area contributed by atoms with Crippen LogP contribution in [0.2, 0.25) is 0 Å². The molecule has 1 aromatic heterocycles. The van der Waals surface area contributed by atoms with Gasteiger partial charge in [0.25, 0.3) is 0 Å². The van der Waals surface area contributed by atoms with Crippen LogP contribution in [0.1, 0.15) is 20.8 Å². The third-order valence-electron chi connectivity index (χ3n) is 2.74. The van der Waals surface area contributed by atoms with E-state index in [2.05, 4.69) is 50.8 Å². The Labute approximate surface area is 146 Å². The van der Waals surface area contributed by atoms with Crippen molar-refractivity contribution in [3.8, 4) is 6.07 Å². The average Bonchev–Trinajstić information content (AvgIpc) is 2.56. The number of fused-ring (bicyclic) bond motifs is 3.